The second-order valence-electron chi connectivity index (χ2n) is 11.3. The van der Waals surface area contributed by atoms with Crippen molar-refractivity contribution < 1.29 is 9.53 Å². The first-order valence-electron chi connectivity index (χ1n) is 13.7. The third-order valence-electron chi connectivity index (χ3n) is 7.05. The highest BCUT2D eigenvalue weighted by Gasteiger charge is 2.22. The number of likely N-dealkylation sites (tertiary alicyclic amines) is 1. The van der Waals surface area contributed by atoms with Crippen LogP contribution in [0.25, 0.3) is 16.9 Å². The smallest absolute Gasteiger partial charge is 0.407 e. The number of fused-ring (bicyclic) bond motifs is 1. The number of hydrogen-bond acceptors (Lipinski definition) is 6. The average Bonchev–Trinajstić information content (AvgIpc) is 3.39. The molecule has 1 amide bonds. The van der Waals surface area contributed by atoms with Gasteiger partial charge in [-0.15, -0.1) is 0 Å². The fourth-order valence-corrected chi connectivity index (χ4v) is 5.15. The Morgan fingerprint density at radius 2 is 1.87 bits per heavy atom. The molecule has 3 heterocycles. The Kier molecular flexibility index (Phi) is 7.84. The molecule has 0 spiro atoms. The van der Waals surface area contributed by atoms with Crippen molar-refractivity contribution in [2.45, 2.75) is 52.1 Å². The number of aryl methyl sites for hydroxylation is 1. The fraction of sp³-hybridized carbons (Fsp3) is 0.387. The lowest BCUT2D eigenvalue weighted by Gasteiger charge is -2.32. The predicted molar refractivity (Wildman–Crippen MR) is 156 cm³/mol. The first-order chi connectivity index (χ1) is 18.7. The summed E-state index contributed by atoms with van der Waals surface area (Å²) < 4.78 is 7.41. The second kappa shape index (κ2) is 11.5. The zero-order valence-corrected chi connectivity index (χ0v) is 23.3. The third kappa shape index (κ3) is 6.75. The molecule has 2 aromatic heterocycles. The van der Waals surface area contributed by atoms with Crippen LogP contribution in [0.5, 0.6) is 0 Å². The quantitative estimate of drug-likeness (QED) is 0.300. The van der Waals surface area contributed by atoms with E-state index < -0.39 is 5.60 Å². The van der Waals surface area contributed by atoms with Crippen molar-refractivity contribution in [1.29, 1.82) is 0 Å². The number of alkyl carbamates (subject to hydrolysis) is 1. The molecule has 1 aliphatic rings. The molecule has 0 atom stereocenters. The summed E-state index contributed by atoms with van der Waals surface area (Å²) in [5.74, 6) is 1.24. The Morgan fingerprint density at radius 1 is 1.08 bits per heavy atom. The number of aromatic nitrogens is 3. The lowest BCUT2D eigenvalue weighted by molar-refractivity contribution is 0.0520. The van der Waals surface area contributed by atoms with Gasteiger partial charge in [0.05, 0.1) is 11.9 Å². The van der Waals surface area contributed by atoms with Crippen LogP contribution in [0.2, 0.25) is 0 Å². The van der Waals surface area contributed by atoms with Gasteiger partial charge in [0, 0.05) is 36.7 Å². The van der Waals surface area contributed by atoms with E-state index in [0.29, 0.717) is 12.5 Å². The van der Waals surface area contributed by atoms with Gasteiger partial charge in [0.15, 0.2) is 11.5 Å². The van der Waals surface area contributed by atoms with Crippen LogP contribution in [0, 0.1) is 6.92 Å². The van der Waals surface area contributed by atoms with Gasteiger partial charge >= 0.3 is 6.09 Å². The predicted octanol–water partition coefficient (Wildman–Crippen LogP) is 6.15. The highest BCUT2D eigenvalue weighted by molar-refractivity contribution is 5.74. The van der Waals surface area contributed by atoms with Crippen molar-refractivity contribution in [3.05, 3.63) is 78.2 Å². The van der Waals surface area contributed by atoms with Crippen LogP contribution < -0.4 is 10.6 Å². The maximum Gasteiger partial charge on any atom is 0.407 e. The molecule has 204 valence electrons. The molecule has 2 aromatic carbocycles. The summed E-state index contributed by atoms with van der Waals surface area (Å²) in [6, 6.07) is 17.1. The summed E-state index contributed by atoms with van der Waals surface area (Å²) in [6.07, 6.45) is 7.52. The van der Waals surface area contributed by atoms with Gasteiger partial charge in [-0.05, 0) is 83.3 Å². The van der Waals surface area contributed by atoms with Gasteiger partial charge < -0.3 is 20.3 Å². The summed E-state index contributed by atoms with van der Waals surface area (Å²) in [5, 5.41) is 6.37. The Hall–Kier alpha value is -3.91. The lowest BCUT2D eigenvalue weighted by Crippen LogP contribution is -2.40. The van der Waals surface area contributed by atoms with E-state index in [4.69, 9.17) is 9.72 Å². The summed E-state index contributed by atoms with van der Waals surface area (Å²) in [5.41, 5.74) is 6.01. The number of carbonyl (C=O) groups excluding carboxylic acids is 1. The average molecular weight is 527 g/mol. The number of benzene rings is 2. The second-order valence-corrected chi connectivity index (χ2v) is 11.3. The molecular weight excluding hydrogens is 488 g/mol. The van der Waals surface area contributed by atoms with Crippen molar-refractivity contribution in [2.24, 2.45) is 0 Å². The topological polar surface area (TPSA) is 83.8 Å². The zero-order valence-electron chi connectivity index (χ0n) is 23.3. The lowest BCUT2D eigenvalue weighted by atomic mass is 9.89. The van der Waals surface area contributed by atoms with Crippen LogP contribution in [-0.2, 0) is 4.74 Å². The van der Waals surface area contributed by atoms with E-state index in [9.17, 15) is 4.79 Å². The minimum Gasteiger partial charge on any atom is -0.444 e. The molecule has 1 aliphatic heterocycles. The van der Waals surface area contributed by atoms with E-state index >= 15 is 0 Å². The number of piperidine rings is 1. The Balaban J connectivity index is 1.20. The molecule has 5 rings (SSSR count). The van der Waals surface area contributed by atoms with Gasteiger partial charge in [-0.1, -0.05) is 35.9 Å². The van der Waals surface area contributed by atoms with Crippen LogP contribution in [0.15, 0.2) is 67.1 Å². The minimum atomic E-state index is -0.475. The Labute approximate surface area is 230 Å². The summed E-state index contributed by atoms with van der Waals surface area (Å²) >= 11 is 0. The molecule has 8 nitrogen and oxygen atoms in total. The highest BCUT2D eigenvalue weighted by atomic mass is 16.6. The largest absolute Gasteiger partial charge is 0.444 e. The SMILES string of the molecule is Cc1cccc(-c2cnc(Nc3cccc(C4CCN(CCNC(=O)OC(C)(C)C)CC4)c3)c3nccn23)c1. The number of imidazole rings is 1. The van der Waals surface area contributed by atoms with Gasteiger partial charge in [0.1, 0.15) is 5.60 Å². The first-order valence-corrected chi connectivity index (χ1v) is 13.7. The maximum atomic E-state index is 11.9. The maximum absolute atomic E-state index is 11.9. The van der Waals surface area contributed by atoms with Crippen molar-refractivity contribution in [1.82, 2.24) is 24.6 Å². The van der Waals surface area contributed by atoms with Gasteiger partial charge in [-0.25, -0.2) is 14.8 Å². The molecule has 0 bridgehead atoms. The molecule has 4 aromatic rings. The third-order valence-corrected chi connectivity index (χ3v) is 7.05. The van der Waals surface area contributed by atoms with Crippen LogP contribution in [-0.4, -0.2) is 57.1 Å². The van der Waals surface area contributed by atoms with Crippen molar-refractivity contribution in [3.8, 4) is 11.3 Å². The number of nitrogens with one attached hydrogen (secondary N) is 2. The molecule has 0 unspecified atom stereocenters. The highest BCUT2D eigenvalue weighted by Crippen LogP contribution is 2.31. The molecule has 0 saturated carbocycles. The molecule has 1 saturated heterocycles. The van der Waals surface area contributed by atoms with E-state index in [1.807, 2.05) is 39.4 Å². The zero-order chi connectivity index (χ0) is 27.4. The van der Waals surface area contributed by atoms with E-state index in [2.05, 4.69) is 80.4 Å². The van der Waals surface area contributed by atoms with Crippen LogP contribution in [0.3, 0.4) is 0 Å². The van der Waals surface area contributed by atoms with E-state index in [1.54, 1.807) is 0 Å². The van der Waals surface area contributed by atoms with Gasteiger partial charge in [-0.2, -0.15) is 0 Å². The Morgan fingerprint density at radius 3 is 2.64 bits per heavy atom. The monoisotopic (exact) mass is 526 g/mol. The van der Waals surface area contributed by atoms with Gasteiger partial charge in [-0.3, -0.25) is 4.40 Å². The summed E-state index contributed by atoms with van der Waals surface area (Å²) in [6.45, 7) is 11.2. The van der Waals surface area contributed by atoms with Crippen molar-refractivity contribution in [3.63, 3.8) is 0 Å². The van der Waals surface area contributed by atoms with E-state index in [1.165, 1.54) is 11.1 Å². The van der Waals surface area contributed by atoms with Crippen LogP contribution >= 0.6 is 0 Å². The number of anilines is 2. The molecular formula is C31H38N6O2. The standard InChI is InChI=1S/C31H38N6O2/c1-22-7-5-9-25(19-22)27-21-34-28(29-32-14-18-37(27)29)35-26-10-6-8-24(20-26)23-11-15-36(16-12-23)17-13-33-30(38)39-31(2,3)4/h5-10,14,18-21,23H,11-13,15-17H2,1-4H3,(H,33,38)(H,34,35). The molecule has 8 heteroatoms. The number of hydrogen-bond donors (Lipinski definition) is 2. The van der Waals surface area contributed by atoms with Crippen LogP contribution in [0.4, 0.5) is 16.3 Å². The number of carbonyl (C=O) groups is 1. The fourth-order valence-electron chi connectivity index (χ4n) is 5.15. The molecule has 2 N–H and O–H groups in total. The number of nitrogens with zero attached hydrogens (tertiary/aromatic N) is 4. The van der Waals surface area contributed by atoms with Crippen molar-refractivity contribution in [2.75, 3.05) is 31.5 Å². The summed E-state index contributed by atoms with van der Waals surface area (Å²) in [7, 11) is 0. The van der Waals surface area contributed by atoms with Gasteiger partial charge in [0.2, 0.25) is 0 Å². The minimum absolute atomic E-state index is 0.353. The summed E-state index contributed by atoms with van der Waals surface area (Å²) in [4.78, 5) is 23.6. The van der Waals surface area contributed by atoms with E-state index in [0.717, 1.165) is 60.9 Å². The normalized spacial score (nSPS) is 14.9. The molecule has 0 aliphatic carbocycles. The Bertz CT molecular complexity index is 1430. The molecule has 1 fully saturated rings. The first kappa shape index (κ1) is 26.7. The number of amides is 1. The van der Waals surface area contributed by atoms with E-state index in [-0.39, 0.29) is 6.09 Å². The van der Waals surface area contributed by atoms with Gasteiger partial charge in [0.25, 0.3) is 0 Å². The number of ether oxygens (including phenoxy) is 1. The molecule has 39 heavy (non-hydrogen) atoms. The van der Waals surface area contributed by atoms with Crippen LogP contribution in [0.1, 0.15) is 50.7 Å². The molecule has 0 radical (unpaired) electrons. The number of rotatable bonds is 7. The van der Waals surface area contributed by atoms with Crippen molar-refractivity contribution >= 4 is 23.2 Å².